The minimum atomic E-state index is -0.107. The molecule has 0 saturated carbocycles. The number of amides is 2. The zero-order chi connectivity index (χ0) is 38.1. The van der Waals surface area contributed by atoms with E-state index < -0.39 is 0 Å². The van der Waals surface area contributed by atoms with Crippen LogP contribution < -0.4 is 23.8 Å². The molecule has 3 atom stereocenters. The molecule has 11 nitrogen and oxygen atoms in total. The summed E-state index contributed by atoms with van der Waals surface area (Å²) in [6.07, 6.45) is 7.15. The summed E-state index contributed by atoms with van der Waals surface area (Å²) in [4.78, 5) is 42.2. The average Bonchev–Trinajstić information content (AvgIpc) is 3.67. The van der Waals surface area contributed by atoms with Crippen molar-refractivity contribution in [2.75, 3.05) is 52.1 Å². The highest BCUT2D eigenvalue weighted by Crippen LogP contribution is 2.41. The number of anilines is 1. The van der Waals surface area contributed by atoms with E-state index in [0.29, 0.717) is 76.7 Å². The van der Waals surface area contributed by atoms with Gasteiger partial charge in [0.25, 0.3) is 11.8 Å². The van der Waals surface area contributed by atoms with E-state index in [0.717, 1.165) is 34.5 Å². The first kappa shape index (κ1) is 37.4. The molecule has 0 N–H and O–H groups in total. The van der Waals surface area contributed by atoms with Crippen LogP contribution in [0.4, 0.5) is 17.1 Å². The number of aliphatic imine (C=N–C) groups is 2. The molecule has 13 heteroatoms. The molecule has 2 amide bonds. The number of benzene rings is 3. The van der Waals surface area contributed by atoms with Crippen molar-refractivity contribution in [2.45, 2.75) is 50.3 Å². The van der Waals surface area contributed by atoms with Crippen molar-refractivity contribution < 1.29 is 28.5 Å². The Balaban J connectivity index is 1.15. The van der Waals surface area contributed by atoms with Crippen LogP contribution in [0.3, 0.4) is 0 Å². The summed E-state index contributed by atoms with van der Waals surface area (Å²) in [6, 6.07) is 13.1. The van der Waals surface area contributed by atoms with E-state index in [9.17, 15) is 9.59 Å². The molecule has 4 aliphatic rings. The number of rotatable bonds is 13. The van der Waals surface area contributed by atoms with E-state index in [-0.39, 0.29) is 37.1 Å². The zero-order valence-corrected chi connectivity index (χ0v) is 32.9. The molecule has 282 valence electrons. The lowest BCUT2D eigenvalue weighted by Gasteiger charge is -2.24. The normalized spacial score (nSPS) is 19.1. The van der Waals surface area contributed by atoms with Gasteiger partial charge in [-0.05, 0) is 60.6 Å². The highest BCUT2D eigenvalue weighted by molar-refractivity contribution is 8.76. The molecule has 3 aromatic carbocycles. The Morgan fingerprint density at radius 3 is 1.70 bits per heavy atom. The first-order valence-electron chi connectivity index (χ1n) is 17.8. The lowest BCUT2D eigenvalue weighted by atomic mass is 10.1. The van der Waals surface area contributed by atoms with Crippen LogP contribution in [-0.4, -0.2) is 98.5 Å². The molecule has 2 fully saturated rings. The Kier molecular flexibility index (Phi) is 11.0. The summed E-state index contributed by atoms with van der Waals surface area (Å²) in [5.74, 6) is 1.70. The fourth-order valence-electron chi connectivity index (χ4n) is 7.35. The zero-order valence-electron chi connectivity index (χ0n) is 31.3. The maximum Gasteiger partial charge on any atom is 0.257 e. The first-order chi connectivity index (χ1) is 26.0. The highest BCUT2D eigenvalue weighted by atomic mass is 33.1. The van der Waals surface area contributed by atoms with Gasteiger partial charge in [-0.15, -0.1) is 0 Å². The minimum Gasteiger partial charge on any atom is -0.493 e. The van der Waals surface area contributed by atoms with Crippen LogP contribution in [0.5, 0.6) is 23.0 Å². The van der Waals surface area contributed by atoms with Crippen LogP contribution in [0.15, 0.2) is 76.8 Å². The molecule has 4 heterocycles. The van der Waals surface area contributed by atoms with E-state index in [1.165, 1.54) is 0 Å². The van der Waals surface area contributed by atoms with Gasteiger partial charge in [0, 0.05) is 62.2 Å². The van der Waals surface area contributed by atoms with Gasteiger partial charge in [-0.25, -0.2) is 0 Å². The Morgan fingerprint density at radius 2 is 1.26 bits per heavy atom. The standard InChI is InChI=1S/C41H45N5O6S2/c1-24-8-30-17-42-34-15-38(36(49-5)13-32(34)40(47)45(30)19-24)51-22-27-10-28(12-29(11-27)44(4)21-26(3)54-53-7)23-52-39-16-35-33(14-37(39)50-6)41(48)46-20-25(2)9-31(46)18-43-35/h10-18,26,30-31H,1-2,8-9,19-23H2,3-7H3/t26-,30-,31-/m0/s1. The quantitative estimate of drug-likeness (QED) is 0.128. The number of hydrogen-bond donors (Lipinski definition) is 0. The largest absolute Gasteiger partial charge is 0.493 e. The second-order valence-electron chi connectivity index (χ2n) is 14.0. The summed E-state index contributed by atoms with van der Waals surface area (Å²) >= 11 is 0. The maximum absolute atomic E-state index is 13.5. The van der Waals surface area contributed by atoms with E-state index in [2.05, 4.69) is 66.5 Å². The Hall–Kier alpha value is -4.88. The SMILES string of the molecule is C=C1C[C@H]2C=Nc3cc(OCc4cc(COc5cc6c(cc5OC)C(=O)N5CC(=C)C[C@H]5C=N6)cc(N(C)C[C@H](C)SSC)c4)c(OC)cc3C(=O)N2C1. The lowest BCUT2D eigenvalue weighted by Crippen LogP contribution is -2.35. The molecular formula is C41H45N5O6S2. The molecule has 2 saturated heterocycles. The number of carbonyl (C=O) groups is 2. The van der Waals surface area contributed by atoms with Crippen LogP contribution in [0.2, 0.25) is 0 Å². The van der Waals surface area contributed by atoms with Crippen molar-refractivity contribution >= 4 is 62.9 Å². The summed E-state index contributed by atoms with van der Waals surface area (Å²) < 4.78 is 24.3. The van der Waals surface area contributed by atoms with Crippen LogP contribution in [0.25, 0.3) is 0 Å². The minimum absolute atomic E-state index is 0.0959. The first-order valence-corrected chi connectivity index (χ1v) is 20.4. The summed E-state index contributed by atoms with van der Waals surface area (Å²) in [5, 5.41) is 0.395. The van der Waals surface area contributed by atoms with Crippen LogP contribution in [-0.2, 0) is 13.2 Å². The van der Waals surface area contributed by atoms with Crippen molar-refractivity contribution in [2.24, 2.45) is 9.98 Å². The van der Waals surface area contributed by atoms with Gasteiger partial charge in [-0.2, -0.15) is 0 Å². The van der Waals surface area contributed by atoms with E-state index >= 15 is 0 Å². The van der Waals surface area contributed by atoms with Crippen molar-refractivity contribution in [3.8, 4) is 23.0 Å². The van der Waals surface area contributed by atoms with Gasteiger partial charge < -0.3 is 33.6 Å². The smallest absolute Gasteiger partial charge is 0.257 e. The fourth-order valence-corrected chi connectivity index (χ4v) is 9.13. The number of carbonyl (C=O) groups excluding carboxylic acids is 2. The molecule has 3 aromatic rings. The van der Waals surface area contributed by atoms with Crippen LogP contribution in [0, 0.1) is 0 Å². The third-order valence-corrected chi connectivity index (χ3v) is 12.2. The third kappa shape index (κ3) is 7.70. The molecule has 0 spiro atoms. The predicted octanol–water partition coefficient (Wildman–Crippen LogP) is 7.67. The second kappa shape index (κ2) is 15.8. The summed E-state index contributed by atoms with van der Waals surface area (Å²) in [5.41, 5.74) is 6.93. The third-order valence-electron chi connectivity index (χ3n) is 9.96. The number of fused-ring (bicyclic) bond motifs is 4. The van der Waals surface area contributed by atoms with Gasteiger partial charge in [0.1, 0.15) is 13.2 Å². The fraction of sp³-hybridized carbons (Fsp3) is 0.366. The van der Waals surface area contributed by atoms with Crippen LogP contribution in [0.1, 0.15) is 51.6 Å². The van der Waals surface area contributed by atoms with Gasteiger partial charge in [0.2, 0.25) is 0 Å². The predicted molar refractivity (Wildman–Crippen MR) is 218 cm³/mol. The van der Waals surface area contributed by atoms with Gasteiger partial charge in [-0.3, -0.25) is 19.6 Å². The second-order valence-corrected chi connectivity index (χ2v) is 17.0. The molecular weight excluding hydrogens is 723 g/mol. The molecule has 0 radical (unpaired) electrons. The molecule has 0 aromatic heterocycles. The van der Waals surface area contributed by atoms with Crippen molar-refractivity contribution in [1.82, 2.24) is 9.80 Å². The molecule has 4 aliphatic heterocycles. The Bertz CT molecular complexity index is 1940. The van der Waals surface area contributed by atoms with Crippen molar-refractivity contribution in [3.63, 3.8) is 0 Å². The van der Waals surface area contributed by atoms with E-state index in [1.54, 1.807) is 59.1 Å². The lowest BCUT2D eigenvalue weighted by molar-refractivity contribution is 0.0769. The molecule has 7 rings (SSSR count). The van der Waals surface area contributed by atoms with Crippen LogP contribution >= 0.6 is 21.6 Å². The van der Waals surface area contributed by atoms with Gasteiger partial charge in [-0.1, -0.05) is 52.8 Å². The molecule has 0 aliphatic carbocycles. The van der Waals surface area contributed by atoms with Gasteiger partial charge >= 0.3 is 0 Å². The van der Waals surface area contributed by atoms with Gasteiger partial charge in [0.15, 0.2) is 23.0 Å². The Morgan fingerprint density at radius 1 is 0.778 bits per heavy atom. The number of nitrogens with zero attached hydrogens (tertiary/aromatic N) is 5. The highest BCUT2D eigenvalue weighted by Gasteiger charge is 2.35. The van der Waals surface area contributed by atoms with Gasteiger partial charge in [0.05, 0.1) is 48.8 Å². The number of ether oxygens (including phenoxy) is 4. The number of hydrogen-bond acceptors (Lipinski definition) is 11. The molecule has 0 bridgehead atoms. The van der Waals surface area contributed by atoms with Crippen molar-refractivity contribution in [3.05, 3.63) is 89.0 Å². The van der Waals surface area contributed by atoms with Crippen molar-refractivity contribution in [1.29, 1.82) is 0 Å². The average molecular weight is 768 g/mol. The van der Waals surface area contributed by atoms with E-state index in [1.807, 2.05) is 23.2 Å². The number of methoxy groups -OCH3 is 2. The monoisotopic (exact) mass is 767 g/mol. The Labute approximate surface area is 324 Å². The maximum atomic E-state index is 13.5. The molecule has 0 unspecified atom stereocenters. The van der Waals surface area contributed by atoms with E-state index in [4.69, 9.17) is 18.9 Å². The molecule has 54 heavy (non-hydrogen) atoms. The topological polar surface area (TPSA) is 105 Å². The summed E-state index contributed by atoms with van der Waals surface area (Å²) in [7, 11) is 8.80. The summed E-state index contributed by atoms with van der Waals surface area (Å²) in [6.45, 7) is 12.7.